The van der Waals surface area contributed by atoms with E-state index >= 15 is 0 Å². The highest BCUT2D eigenvalue weighted by molar-refractivity contribution is 5.92. The predicted octanol–water partition coefficient (Wildman–Crippen LogP) is 3.88. The zero-order valence-corrected chi connectivity index (χ0v) is 18.6. The van der Waals surface area contributed by atoms with Crippen molar-refractivity contribution < 1.29 is 9.59 Å². The Morgan fingerprint density at radius 2 is 1.23 bits per heavy atom. The topological polar surface area (TPSA) is 84.2 Å². The van der Waals surface area contributed by atoms with Crippen molar-refractivity contribution in [3.05, 3.63) is 12.2 Å². The van der Waals surface area contributed by atoms with Crippen LogP contribution in [0.5, 0.6) is 0 Å². The van der Waals surface area contributed by atoms with Gasteiger partial charge in [-0.1, -0.05) is 67.4 Å². The van der Waals surface area contributed by atoms with Crippen LogP contribution in [0.3, 0.4) is 0 Å². The Balaban J connectivity index is -0.000000319. The van der Waals surface area contributed by atoms with Gasteiger partial charge in [-0.15, -0.1) is 0 Å². The summed E-state index contributed by atoms with van der Waals surface area (Å²) < 4.78 is 0. The first-order valence-corrected chi connectivity index (χ1v) is 9.93. The Labute approximate surface area is 162 Å². The maximum absolute atomic E-state index is 11.0. The van der Waals surface area contributed by atoms with Crippen molar-refractivity contribution in [3.8, 4) is 0 Å². The molecule has 5 heteroatoms. The molecule has 3 atom stereocenters. The largest absolute Gasteiger partial charge is 0.356 e. The maximum Gasteiger partial charge on any atom is 0.246 e. The molecule has 0 saturated carbocycles. The van der Waals surface area contributed by atoms with E-state index in [-0.39, 0.29) is 11.8 Å². The molecule has 0 fully saturated rings. The summed E-state index contributed by atoms with van der Waals surface area (Å²) in [5, 5.41) is 5.55. The van der Waals surface area contributed by atoms with Gasteiger partial charge in [0.2, 0.25) is 11.8 Å². The number of hydrogen-bond donors (Lipinski definition) is 3. The number of amides is 2. The highest BCUT2D eigenvalue weighted by Gasteiger charge is 2.03. The van der Waals surface area contributed by atoms with Gasteiger partial charge in [0.15, 0.2) is 0 Å². The highest BCUT2D eigenvalue weighted by Crippen LogP contribution is 1.98. The van der Waals surface area contributed by atoms with Gasteiger partial charge in [0.05, 0.1) is 0 Å². The van der Waals surface area contributed by atoms with Crippen molar-refractivity contribution in [1.82, 2.24) is 10.6 Å². The molecule has 0 aliphatic carbocycles. The van der Waals surface area contributed by atoms with Crippen LogP contribution in [-0.4, -0.2) is 31.4 Å². The van der Waals surface area contributed by atoms with Crippen LogP contribution in [0.25, 0.3) is 0 Å². The molecule has 26 heavy (non-hydrogen) atoms. The molecule has 0 bridgehead atoms. The predicted molar refractivity (Wildman–Crippen MR) is 114 cm³/mol. The third-order valence-electron chi connectivity index (χ3n) is 4.19. The van der Waals surface area contributed by atoms with E-state index in [1.807, 2.05) is 0 Å². The summed E-state index contributed by atoms with van der Waals surface area (Å²) in [5.41, 5.74) is 5.86. The Bertz CT molecular complexity index is 366. The molecule has 0 rings (SSSR count). The van der Waals surface area contributed by atoms with E-state index < -0.39 is 0 Å². The van der Waals surface area contributed by atoms with Crippen molar-refractivity contribution in [2.75, 3.05) is 19.6 Å². The summed E-state index contributed by atoms with van der Waals surface area (Å²) in [7, 11) is 0. The average molecular weight is 372 g/mol. The van der Waals surface area contributed by atoms with Gasteiger partial charge in [-0.25, -0.2) is 0 Å². The normalized spacial score (nSPS) is 13.0. The zero-order chi connectivity index (χ0) is 21.1. The number of carbonyl (C=O) groups excluding carboxylic acids is 2. The average Bonchev–Trinajstić information content (AvgIpc) is 2.63. The van der Waals surface area contributed by atoms with E-state index in [1.165, 1.54) is 6.42 Å². The van der Waals surface area contributed by atoms with Crippen molar-refractivity contribution in [3.63, 3.8) is 0 Å². The summed E-state index contributed by atoms with van der Waals surface area (Å²) in [6.07, 6.45) is 3.42. The summed E-state index contributed by atoms with van der Waals surface area (Å²) in [5.74, 6) is 1.90. The molecule has 0 radical (unpaired) electrons. The van der Waals surface area contributed by atoms with Crippen molar-refractivity contribution in [2.45, 2.75) is 74.7 Å². The minimum absolute atomic E-state index is 0.0368. The van der Waals surface area contributed by atoms with E-state index in [4.69, 9.17) is 5.73 Å². The molecule has 0 saturated heterocycles. The minimum atomic E-state index is -0.0368. The fourth-order valence-corrected chi connectivity index (χ4v) is 1.19. The molecular formula is C21H45N3O2. The Morgan fingerprint density at radius 3 is 1.46 bits per heavy atom. The molecule has 156 valence electrons. The molecule has 0 aromatic rings. The molecule has 4 N–H and O–H groups in total. The fraction of sp³-hybridized carbons (Fsp3) is 0.810. The molecule has 0 aromatic heterocycles. The van der Waals surface area contributed by atoms with Crippen LogP contribution < -0.4 is 16.4 Å². The van der Waals surface area contributed by atoms with Crippen molar-refractivity contribution in [2.24, 2.45) is 23.5 Å². The molecule has 0 aliphatic heterocycles. The van der Waals surface area contributed by atoms with Gasteiger partial charge in [-0.3, -0.25) is 9.59 Å². The molecule has 3 unspecified atom stereocenters. The number of hydrogen-bond acceptors (Lipinski definition) is 3. The standard InChI is InChI=1S/C9H17NO.C7H15NO.C5H13N/c1-5-8(4)6-10-9(11)7(2)3;1-4-6(2)5-8-7(3)9;1-3-5(2)4-6/h8H,2,5-6H2,1,3-4H3,(H,10,11);6H,4-5H2,1-3H3,(H,8,9);5H,3-4,6H2,1-2H3. The van der Waals surface area contributed by atoms with Crippen molar-refractivity contribution in [1.29, 1.82) is 0 Å². The van der Waals surface area contributed by atoms with E-state index in [1.54, 1.807) is 13.8 Å². The second kappa shape index (κ2) is 20.0. The Hall–Kier alpha value is -1.36. The molecule has 0 spiro atoms. The van der Waals surface area contributed by atoms with Gasteiger partial charge < -0.3 is 16.4 Å². The molecule has 0 aromatic carbocycles. The van der Waals surface area contributed by atoms with Crippen LogP contribution in [-0.2, 0) is 9.59 Å². The quantitative estimate of drug-likeness (QED) is 0.538. The first-order valence-electron chi connectivity index (χ1n) is 9.93. The van der Waals surface area contributed by atoms with Gasteiger partial charge in [-0.2, -0.15) is 0 Å². The summed E-state index contributed by atoms with van der Waals surface area (Å²) in [6.45, 7) is 22.0. The van der Waals surface area contributed by atoms with Crippen molar-refractivity contribution >= 4 is 11.8 Å². The molecule has 0 heterocycles. The second-order valence-corrected chi connectivity index (χ2v) is 7.20. The van der Waals surface area contributed by atoms with Gasteiger partial charge in [0, 0.05) is 25.6 Å². The number of nitrogens with one attached hydrogen (secondary N) is 2. The summed E-state index contributed by atoms with van der Waals surface area (Å²) >= 11 is 0. The van der Waals surface area contributed by atoms with Crippen LogP contribution in [0.1, 0.15) is 74.7 Å². The lowest BCUT2D eigenvalue weighted by Crippen LogP contribution is -2.28. The van der Waals surface area contributed by atoms with Gasteiger partial charge in [0.25, 0.3) is 0 Å². The number of rotatable bonds is 9. The van der Waals surface area contributed by atoms with E-state index in [2.05, 4.69) is 58.8 Å². The lowest BCUT2D eigenvalue weighted by molar-refractivity contribution is -0.119. The Morgan fingerprint density at radius 1 is 0.846 bits per heavy atom. The molecular weight excluding hydrogens is 326 g/mol. The van der Waals surface area contributed by atoms with E-state index in [0.29, 0.717) is 23.3 Å². The summed E-state index contributed by atoms with van der Waals surface area (Å²) in [6, 6.07) is 0. The minimum Gasteiger partial charge on any atom is -0.356 e. The number of nitrogens with two attached hydrogens (primary N) is 1. The third kappa shape index (κ3) is 24.9. The molecule has 2 amide bonds. The first-order chi connectivity index (χ1) is 12.0. The molecule has 0 aliphatic rings. The van der Waals surface area contributed by atoms with E-state index in [0.717, 1.165) is 32.5 Å². The lowest BCUT2D eigenvalue weighted by Gasteiger charge is -2.09. The zero-order valence-electron chi connectivity index (χ0n) is 18.6. The van der Waals surface area contributed by atoms with Gasteiger partial charge in [-0.05, 0) is 31.2 Å². The SMILES string of the molecule is C=C(C)C(=O)NCC(C)CC.CCC(C)CN.CCC(C)CNC(C)=O. The van der Waals surface area contributed by atoms with Crippen LogP contribution in [0.15, 0.2) is 12.2 Å². The van der Waals surface area contributed by atoms with Crippen LogP contribution in [0.2, 0.25) is 0 Å². The smallest absolute Gasteiger partial charge is 0.246 e. The fourth-order valence-electron chi connectivity index (χ4n) is 1.19. The first kappa shape index (κ1) is 29.4. The van der Waals surface area contributed by atoms with Crippen LogP contribution in [0, 0.1) is 17.8 Å². The van der Waals surface area contributed by atoms with Crippen LogP contribution in [0.4, 0.5) is 0 Å². The Kier molecular flexibility index (Phi) is 22.6. The lowest BCUT2D eigenvalue weighted by atomic mass is 10.1. The number of carbonyl (C=O) groups is 2. The molecule has 5 nitrogen and oxygen atoms in total. The second-order valence-electron chi connectivity index (χ2n) is 7.20. The summed E-state index contributed by atoms with van der Waals surface area (Å²) in [4.78, 5) is 21.3. The maximum atomic E-state index is 11.0. The highest BCUT2D eigenvalue weighted by atomic mass is 16.2. The van der Waals surface area contributed by atoms with Crippen LogP contribution >= 0.6 is 0 Å². The third-order valence-corrected chi connectivity index (χ3v) is 4.19. The monoisotopic (exact) mass is 371 g/mol. The van der Waals surface area contributed by atoms with E-state index in [9.17, 15) is 9.59 Å². The van der Waals surface area contributed by atoms with Gasteiger partial charge >= 0.3 is 0 Å². The van der Waals surface area contributed by atoms with Gasteiger partial charge in [0.1, 0.15) is 0 Å².